The Bertz CT molecular complexity index is 284. The van der Waals surface area contributed by atoms with Crippen LogP contribution in [0.1, 0.15) is 18.4 Å². The normalized spacial score (nSPS) is 10.4. The van der Waals surface area contributed by atoms with E-state index in [1.165, 1.54) is 6.07 Å². The fraction of sp³-hybridized carbons (Fsp3) is 0.455. The Kier molecular flexibility index (Phi) is 4.26. The molecule has 0 spiro atoms. The van der Waals surface area contributed by atoms with Gasteiger partial charge in [-0.1, -0.05) is 6.07 Å². The van der Waals surface area contributed by atoms with Crippen LogP contribution in [0.5, 0.6) is 11.5 Å². The lowest BCUT2D eigenvalue weighted by Crippen LogP contribution is -1.91. The van der Waals surface area contributed by atoms with E-state index >= 15 is 0 Å². The van der Waals surface area contributed by atoms with Gasteiger partial charge in [0.25, 0.3) is 0 Å². The van der Waals surface area contributed by atoms with Crippen LogP contribution in [0.3, 0.4) is 0 Å². The summed E-state index contributed by atoms with van der Waals surface area (Å²) < 4.78 is 4.93. The van der Waals surface area contributed by atoms with Gasteiger partial charge in [-0.2, -0.15) is 0 Å². The van der Waals surface area contributed by atoms with Crippen LogP contribution >= 0.6 is 0 Å². The fourth-order valence-electron chi connectivity index (χ4n) is 1.33. The molecule has 0 atom stereocenters. The Morgan fingerprint density at radius 1 is 1.21 bits per heavy atom. The highest BCUT2D eigenvalue weighted by molar-refractivity contribution is 5.38. The van der Waals surface area contributed by atoms with E-state index in [0.717, 1.165) is 31.4 Å². The first-order valence-corrected chi connectivity index (χ1v) is 4.74. The summed E-state index contributed by atoms with van der Waals surface area (Å²) in [6.07, 6.45) is 2.78. The Hall–Kier alpha value is -1.22. The van der Waals surface area contributed by atoms with Crippen LogP contribution in [-0.2, 0) is 11.2 Å². The molecule has 0 fully saturated rings. The van der Waals surface area contributed by atoms with Crippen molar-refractivity contribution in [2.45, 2.75) is 19.3 Å². The van der Waals surface area contributed by atoms with Crippen LogP contribution in [0.4, 0.5) is 0 Å². The van der Waals surface area contributed by atoms with Crippen molar-refractivity contribution in [1.29, 1.82) is 0 Å². The van der Waals surface area contributed by atoms with Crippen molar-refractivity contribution in [3.8, 4) is 11.5 Å². The standard InChI is InChI=1S/C11H16O3/c1-14-7-3-2-4-9-5-6-10(12)8-11(9)13/h5-6,8,12-13H,2-4,7H2,1H3. The summed E-state index contributed by atoms with van der Waals surface area (Å²) in [5, 5.41) is 18.5. The fourth-order valence-corrected chi connectivity index (χ4v) is 1.33. The van der Waals surface area contributed by atoms with Crippen molar-refractivity contribution >= 4 is 0 Å². The number of unbranched alkanes of at least 4 members (excludes halogenated alkanes) is 1. The molecule has 2 N–H and O–H groups in total. The van der Waals surface area contributed by atoms with E-state index in [2.05, 4.69) is 0 Å². The maximum Gasteiger partial charge on any atom is 0.122 e. The zero-order valence-electron chi connectivity index (χ0n) is 8.36. The highest BCUT2D eigenvalue weighted by Gasteiger charge is 2.01. The van der Waals surface area contributed by atoms with E-state index < -0.39 is 0 Å². The van der Waals surface area contributed by atoms with Crippen molar-refractivity contribution < 1.29 is 14.9 Å². The molecule has 1 aromatic carbocycles. The molecule has 0 radical (unpaired) electrons. The Morgan fingerprint density at radius 2 is 2.00 bits per heavy atom. The number of ether oxygens (including phenoxy) is 1. The largest absolute Gasteiger partial charge is 0.508 e. The van der Waals surface area contributed by atoms with E-state index in [0.29, 0.717) is 0 Å². The van der Waals surface area contributed by atoms with Crippen LogP contribution in [0.15, 0.2) is 18.2 Å². The lowest BCUT2D eigenvalue weighted by Gasteiger charge is -2.04. The van der Waals surface area contributed by atoms with Crippen LogP contribution in [0.25, 0.3) is 0 Å². The Morgan fingerprint density at radius 3 is 2.64 bits per heavy atom. The van der Waals surface area contributed by atoms with Gasteiger partial charge in [0.2, 0.25) is 0 Å². The molecule has 0 saturated heterocycles. The summed E-state index contributed by atoms with van der Waals surface area (Å²) in [4.78, 5) is 0. The second-order valence-electron chi connectivity index (χ2n) is 3.26. The van der Waals surface area contributed by atoms with Gasteiger partial charge in [-0.05, 0) is 30.9 Å². The first kappa shape index (κ1) is 10.9. The number of hydrogen-bond acceptors (Lipinski definition) is 3. The number of aryl methyl sites for hydroxylation is 1. The van der Waals surface area contributed by atoms with Crippen molar-refractivity contribution in [2.24, 2.45) is 0 Å². The number of phenols is 2. The third-order valence-corrected chi connectivity index (χ3v) is 2.11. The molecular weight excluding hydrogens is 180 g/mol. The van der Waals surface area contributed by atoms with Crippen LogP contribution < -0.4 is 0 Å². The van der Waals surface area contributed by atoms with Crippen molar-refractivity contribution in [2.75, 3.05) is 13.7 Å². The molecule has 3 nitrogen and oxygen atoms in total. The van der Waals surface area contributed by atoms with E-state index in [4.69, 9.17) is 9.84 Å². The highest BCUT2D eigenvalue weighted by Crippen LogP contribution is 2.23. The van der Waals surface area contributed by atoms with Crippen molar-refractivity contribution in [3.63, 3.8) is 0 Å². The lowest BCUT2D eigenvalue weighted by molar-refractivity contribution is 0.193. The monoisotopic (exact) mass is 196 g/mol. The molecule has 0 aromatic heterocycles. The number of methoxy groups -OCH3 is 1. The summed E-state index contributed by atoms with van der Waals surface area (Å²) in [7, 11) is 1.68. The van der Waals surface area contributed by atoms with Gasteiger partial charge >= 0.3 is 0 Å². The third-order valence-electron chi connectivity index (χ3n) is 2.11. The molecule has 1 rings (SSSR count). The molecule has 0 saturated carbocycles. The molecule has 0 unspecified atom stereocenters. The number of hydrogen-bond donors (Lipinski definition) is 2. The highest BCUT2D eigenvalue weighted by atomic mass is 16.5. The van der Waals surface area contributed by atoms with Gasteiger partial charge in [0.1, 0.15) is 11.5 Å². The Labute approximate surface area is 84.0 Å². The predicted octanol–water partition coefficient (Wildman–Crippen LogP) is 2.07. The topological polar surface area (TPSA) is 49.7 Å². The average Bonchev–Trinajstić information content (AvgIpc) is 2.15. The molecule has 0 aliphatic carbocycles. The van der Waals surface area contributed by atoms with E-state index in [1.807, 2.05) is 0 Å². The van der Waals surface area contributed by atoms with Gasteiger partial charge in [-0.3, -0.25) is 0 Å². The molecule has 3 heteroatoms. The smallest absolute Gasteiger partial charge is 0.122 e. The number of rotatable bonds is 5. The SMILES string of the molecule is COCCCCc1ccc(O)cc1O. The number of phenolic OH excluding ortho intramolecular Hbond substituents is 2. The van der Waals surface area contributed by atoms with Gasteiger partial charge in [-0.25, -0.2) is 0 Å². The van der Waals surface area contributed by atoms with Gasteiger partial charge in [0.15, 0.2) is 0 Å². The van der Waals surface area contributed by atoms with E-state index in [9.17, 15) is 5.11 Å². The first-order chi connectivity index (χ1) is 6.74. The van der Waals surface area contributed by atoms with E-state index in [1.54, 1.807) is 19.2 Å². The summed E-state index contributed by atoms with van der Waals surface area (Å²) in [6.45, 7) is 0.749. The van der Waals surface area contributed by atoms with Gasteiger partial charge < -0.3 is 14.9 Å². The minimum absolute atomic E-state index is 0.100. The second-order valence-corrected chi connectivity index (χ2v) is 3.26. The van der Waals surface area contributed by atoms with Crippen molar-refractivity contribution in [1.82, 2.24) is 0 Å². The maximum absolute atomic E-state index is 9.46. The first-order valence-electron chi connectivity index (χ1n) is 4.74. The Balaban J connectivity index is 2.42. The number of benzene rings is 1. The number of aromatic hydroxyl groups is 2. The molecular formula is C11H16O3. The van der Waals surface area contributed by atoms with Crippen LogP contribution in [-0.4, -0.2) is 23.9 Å². The summed E-state index contributed by atoms with van der Waals surface area (Å²) >= 11 is 0. The van der Waals surface area contributed by atoms with Crippen molar-refractivity contribution in [3.05, 3.63) is 23.8 Å². The summed E-state index contributed by atoms with van der Waals surface area (Å²) in [5.74, 6) is 0.269. The molecule has 0 aliphatic heterocycles. The quantitative estimate of drug-likeness (QED) is 0.709. The predicted molar refractivity (Wildman–Crippen MR) is 54.6 cm³/mol. The minimum atomic E-state index is 0.100. The molecule has 0 amide bonds. The summed E-state index contributed by atoms with van der Waals surface area (Å²) in [6, 6.07) is 4.70. The van der Waals surface area contributed by atoms with Crippen LogP contribution in [0, 0.1) is 0 Å². The average molecular weight is 196 g/mol. The zero-order valence-corrected chi connectivity index (χ0v) is 8.36. The van der Waals surface area contributed by atoms with Gasteiger partial charge in [0, 0.05) is 19.8 Å². The lowest BCUT2D eigenvalue weighted by atomic mass is 10.1. The second kappa shape index (κ2) is 5.50. The molecule has 0 aliphatic rings. The van der Waals surface area contributed by atoms with Gasteiger partial charge in [-0.15, -0.1) is 0 Å². The molecule has 0 heterocycles. The molecule has 1 aromatic rings. The maximum atomic E-state index is 9.46. The van der Waals surface area contributed by atoms with Crippen LogP contribution in [0.2, 0.25) is 0 Å². The van der Waals surface area contributed by atoms with E-state index in [-0.39, 0.29) is 11.5 Å². The third kappa shape index (κ3) is 3.26. The summed E-state index contributed by atoms with van der Waals surface area (Å²) in [5.41, 5.74) is 0.874. The zero-order chi connectivity index (χ0) is 10.4. The molecule has 14 heavy (non-hydrogen) atoms. The minimum Gasteiger partial charge on any atom is -0.508 e. The molecule has 0 bridgehead atoms. The molecule has 78 valence electrons. The van der Waals surface area contributed by atoms with Gasteiger partial charge in [0.05, 0.1) is 0 Å².